The third-order valence-electron chi connectivity index (χ3n) is 3.41. The second-order valence-corrected chi connectivity index (χ2v) is 4.52. The number of likely N-dealkylation sites (N-methyl/N-ethyl adjacent to an activating group) is 1. The zero-order valence-electron chi connectivity index (χ0n) is 12.9. The molecule has 20 heavy (non-hydrogen) atoms. The predicted octanol–water partition coefficient (Wildman–Crippen LogP) is 1.67. The molecule has 0 spiro atoms. The van der Waals surface area contributed by atoms with Crippen LogP contribution in [0.3, 0.4) is 0 Å². The SMILES string of the molecule is CCN(CCOC)C(CN)c1cc(OC)cc(OC)c1. The van der Waals surface area contributed by atoms with Crippen molar-refractivity contribution in [2.45, 2.75) is 13.0 Å². The number of nitrogens with two attached hydrogens (primary N) is 1. The molecule has 1 rings (SSSR count). The van der Waals surface area contributed by atoms with Gasteiger partial charge in [0.1, 0.15) is 11.5 Å². The van der Waals surface area contributed by atoms with Crippen LogP contribution in [0, 0.1) is 0 Å². The third-order valence-corrected chi connectivity index (χ3v) is 3.41. The van der Waals surface area contributed by atoms with Crippen LogP contribution in [0.15, 0.2) is 18.2 Å². The van der Waals surface area contributed by atoms with Gasteiger partial charge in [0.05, 0.1) is 20.8 Å². The van der Waals surface area contributed by atoms with Gasteiger partial charge in [-0.15, -0.1) is 0 Å². The molecule has 0 aliphatic heterocycles. The Morgan fingerprint density at radius 3 is 2.10 bits per heavy atom. The van der Waals surface area contributed by atoms with Gasteiger partial charge in [-0.25, -0.2) is 0 Å². The van der Waals surface area contributed by atoms with Gasteiger partial charge in [-0.2, -0.15) is 0 Å². The summed E-state index contributed by atoms with van der Waals surface area (Å²) in [5.41, 5.74) is 7.07. The van der Waals surface area contributed by atoms with Crippen molar-refractivity contribution in [2.75, 3.05) is 47.6 Å². The van der Waals surface area contributed by atoms with Gasteiger partial charge in [0.25, 0.3) is 0 Å². The van der Waals surface area contributed by atoms with Crippen LogP contribution in [-0.4, -0.2) is 52.5 Å². The molecule has 1 aromatic carbocycles. The minimum Gasteiger partial charge on any atom is -0.497 e. The van der Waals surface area contributed by atoms with Crippen molar-refractivity contribution in [1.82, 2.24) is 4.90 Å². The molecule has 0 saturated carbocycles. The average Bonchev–Trinajstić information content (AvgIpc) is 2.50. The highest BCUT2D eigenvalue weighted by Gasteiger charge is 2.19. The number of methoxy groups -OCH3 is 3. The summed E-state index contributed by atoms with van der Waals surface area (Å²) in [6, 6.07) is 6.01. The predicted molar refractivity (Wildman–Crippen MR) is 80.5 cm³/mol. The molecule has 1 unspecified atom stereocenters. The van der Waals surface area contributed by atoms with Gasteiger partial charge in [-0.3, -0.25) is 4.90 Å². The van der Waals surface area contributed by atoms with Crippen molar-refractivity contribution >= 4 is 0 Å². The largest absolute Gasteiger partial charge is 0.497 e. The first kappa shape index (κ1) is 16.8. The van der Waals surface area contributed by atoms with E-state index in [2.05, 4.69) is 11.8 Å². The molecule has 0 saturated heterocycles. The summed E-state index contributed by atoms with van der Waals surface area (Å²) >= 11 is 0. The fourth-order valence-electron chi connectivity index (χ4n) is 2.26. The molecule has 2 N–H and O–H groups in total. The Balaban J connectivity index is 3.02. The standard InChI is InChI=1S/C15H26N2O3/c1-5-17(6-7-18-2)15(11-16)12-8-13(19-3)10-14(9-12)20-4/h8-10,15H,5-7,11,16H2,1-4H3. The van der Waals surface area contributed by atoms with E-state index in [1.54, 1.807) is 21.3 Å². The van der Waals surface area contributed by atoms with Crippen molar-refractivity contribution in [3.8, 4) is 11.5 Å². The highest BCUT2D eigenvalue weighted by Crippen LogP contribution is 2.28. The lowest BCUT2D eigenvalue weighted by Crippen LogP contribution is -2.36. The third kappa shape index (κ3) is 4.37. The second kappa shape index (κ2) is 8.79. The molecule has 1 atom stereocenters. The molecule has 1 aromatic rings. The first-order chi connectivity index (χ1) is 9.69. The zero-order valence-corrected chi connectivity index (χ0v) is 12.9. The van der Waals surface area contributed by atoms with Crippen molar-refractivity contribution in [3.05, 3.63) is 23.8 Å². The Hall–Kier alpha value is -1.30. The van der Waals surface area contributed by atoms with Gasteiger partial charge in [-0.05, 0) is 24.2 Å². The van der Waals surface area contributed by atoms with E-state index in [1.807, 2.05) is 18.2 Å². The van der Waals surface area contributed by atoms with Crippen LogP contribution in [0.25, 0.3) is 0 Å². The molecule has 5 nitrogen and oxygen atoms in total. The van der Waals surface area contributed by atoms with E-state index in [9.17, 15) is 0 Å². The molecule has 114 valence electrons. The van der Waals surface area contributed by atoms with E-state index in [0.717, 1.165) is 30.2 Å². The highest BCUT2D eigenvalue weighted by molar-refractivity contribution is 5.40. The van der Waals surface area contributed by atoms with Crippen molar-refractivity contribution in [1.29, 1.82) is 0 Å². The lowest BCUT2D eigenvalue weighted by atomic mass is 10.0. The summed E-state index contributed by atoms with van der Waals surface area (Å²) in [6.07, 6.45) is 0. The number of hydrogen-bond donors (Lipinski definition) is 1. The molecule has 0 bridgehead atoms. The first-order valence-corrected chi connectivity index (χ1v) is 6.86. The molecule has 0 heterocycles. The van der Waals surface area contributed by atoms with E-state index >= 15 is 0 Å². The molecule has 5 heteroatoms. The molecule has 0 amide bonds. The number of rotatable bonds is 9. The monoisotopic (exact) mass is 282 g/mol. The van der Waals surface area contributed by atoms with Crippen molar-refractivity contribution < 1.29 is 14.2 Å². The van der Waals surface area contributed by atoms with E-state index in [0.29, 0.717) is 13.2 Å². The Morgan fingerprint density at radius 2 is 1.70 bits per heavy atom. The maximum atomic E-state index is 5.97. The average molecular weight is 282 g/mol. The van der Waals surface area contributed by atoms with Crippen LogP contribution in [0.4, 0.5) is 0 Å². The fraction of sp³-hybridized carbons (Fsp3) is 0.600. The highest BCUT2D eigenvalue weighted by atomic mass is 16.5. The van der Waals surface area contributed by atoms with Gasteiger partial charge in [0.15, 0.2) is 0 Å². The maximum Gasteiger partial charge on any atom is 0.122 e. The summed E-state index contributed by atoms with van der Waals surface area (Å²) < 4.78 is 15.8. The van der Waals surface area contributed by atoms with E-state index in [4.69, 9.17) is 19.9 Å². The van der Waals surface area contributed by atoms with Gasteiger partial charge < -0.3 is 19.9 Å². The lowest BCUT2D eigenvalue weighted by Gasteiger charge is -2.30. The molecule has 0 aliphatic carbocycles. The van der Waals surface area contributed by atoms with Crippen LogP contribution >= 0.6 is 0 Å². The van der Waals surface area contributed by atoms with Crippen molar-refractivity contribution in [3.63, 3.8) is 0 Å². The van der Waals surface area contributed by atoms with Gasteiger partial charge >= 0.3 is 0 Å². The van der Waals surface area contributed by atoms with Crippen LogP contribution in [0.5, 0.6) is 11.5 Å². The molecular formula is C15H26N2O3. The van der Waals surface area contributed by atoms with Crippen LogP contribution in [0.1, 0.15) is 18.5 Å². The molecular weight excluding hydrogens is 256 g/mol. The molecule has 0 aromatic heterocycles. The minimum absolute atomic E-state index is 0.124. The molecule has 0 aliphatic rings. The Morgan fingerprint density at radius 1 is 1.10 bits per heavy atom. The Bertz CT molecular complexity index is 376. The van der Waals surface area contributed by atoms with Crippen LogP contribution in [-0.2, 0) is 4.74 Å². The Labute approximate surface area is 121 Å². The normalized spacial score (nSPS) is 12.5. The first-order valence-electron chi connectivity index (χ1n) is 6.86. The van der Waals surface area contributed by atoms with Crippen LogP contribution in [0.2, 0.25) is 0 Å². The lowest BCUT2D eigenvalue weighted by molar-refractivity contribution is 0.125. The van der Waals surface area contributed by atoms with E-state index in [1.165, 1.54) is 0 Å². The van der Waals surface area contributed by atoms with Gasteiger partial charge in [-0.1, -0.05) is 6.92 Å². The number of hydrogen-bond acceptors (Lipinski definition) is 5. The van der Waals surface area contributed by atoms with Gasteiger partial charge in [0.2, 0.25) is 0 Å². The van der Waals surface area contributed by atoms with E-state index in [-0.39, 0.29) is 6.04 Å². The van der Waals surface area contributed by atoms with Crippen molar-refractivity contribution in [2.24, 2.45) is 5.73 Å². The summed E-state index contributed by atoms with van der Waals surface area (Å²) in [5, 5.41) is 0. The maximum absolute atomic E-state index is 5.97. The summed E-state index contributed by atoms with van der Waals surface area (Å²) in [6.45, 7) is 5.09. The Kier molecular flexibility index (Phi) is 7.36. The summed E-state index contributed by atoms with van der Waals surface area (Å²) in [5.74, 6) is 1.56. The van der Waals surface area contributed by atoms with E-state index < -0.39 is 0 Å². The zero-order chi connectivity index (χ0) is 15.0. The molecule has 0 radical (unpaired) electrons. The minimum atomic E-state index is 0.124. The summed E-state index contributed by atoms with van der Waals surface area (Å²) in [7, 11) is 5.01. The summed E-state index contributed by atoms with van der Waals surface area (Å²) in [4.78, 5) is 2.29. The molecule has 0 fully saturated rings. The topological polar surface area (TPSA) is 57.0 Å². The van der Waals surface area contributed by atoms with Gasteiger partial charge in [0, 0.05) is 32.3 Å². The number of nitrogens with zero attached hydrogens (tertiary/aromatic N) is 1. The van der Waals surface area contributed by atoms with Crippen LogP contribution < -0.4 is 15.2 Å². The smallest absolute Gasteiger partial charge is 0.122 e. The fourth-order valence-corrected chi connectivity index (χ4v) is 2.26. The number of ether oxygens (including phenoxy) is 3. The second-order valence-electron chi connectivity index (χ2n) is 4.52. The number of benzene rings is 1. The quantitative estimate of drug-likeness (QED) is 0.746.